The molecular formula is C17H16FNO2. The average molecular weight is 285 g/mol. The van der Waals surface area contributed by atoms with Gasteiger partial charge in [0, 0.05) is 5.69 Å². The number of carbonyl (C=O) groups excluding carboxylic acids is 1. The number of nitrogens with one attached hydrogen (secondary N) is 1. The Morgan fingerprint density at radius 3 is 2.71 bits per heavy atom. The number of hydrogen-bond acceptors (Lipinski definition) is 2. The summed E-state index contributed by atoms with van der Waals surface area (Å²) in [6.07, 6.45) is 0. The Hall–Kier alpha value is -2.62. The van der Waals surface area contributed by atoms with E-state index < -0.39 is 5.82 Å². The molecule has 2 aromatic carbocycles. The molecule has 2 rings (SSSR count). The smallest absolute Gasteiger partial charge is 0.259 e. The van der Waals surface area contributed by atoms with Crippen LogP contribution in [0.4, 0.5) is 10.1 Å². The van der Waals surface area contributed by atoms with Gasteiger partial charge in [-0.25, -0.2) is 4.39 Å². The predicted molar refractivity (Wildman–Crippen MR) is 81.1 cm³/mol. The molecule has 0 aliphatic carbocycles. The lowest BCUT2D eigenvalue weighted by molar-refractivity contribution is 0.102. The first kappa shape index (κ1) is 14.8. The molecule has 0 unspecified atom stereocenters. The molecule has 4 heteroatoms. The third-order valence-corrected chi connectivity index (χ3v) is 2.69. The Bertz CT molecular complexity index is 667. The molecule has 108 valence electrons. The van der Waals surface area contributed by atoms with Gasteiger partial charge in [-0.2, -0.15) is 0 Å². The minimum atomic E-state index is -0.403. The zero-order valence-corrected chi connectivity index (χ0v) is 11.7. The number of ether oxygens (including phenoxy) is 1. The zero-order valence-electron chi connectivity index (χ0n) is 11.7. The van der Waals surface area contributed by atoms with E-state index in [1.807, 2.05) is 6.92 Å². The van der Waals surface area contributed by atoms with Gasteiger partial charge in [0.1, 0.15) is 18.2 Å². The topological polar surface area (TPSA) is 38.3 Å². The summed E-state index contributed by atoms with van der Waals surface area (Å²) in [5, 5.41) is 2.65. The molecule has 0 saturated heterocycles. The second-order valence-corrected chi connectivity index (χ2v) is 4.71. The number of benzene rings is 2. The molecule has 1 amide bonds. The molecule has 21 heavy (non-hydrogen) atoms. The lowest BCUT2D eigenvalue weighted by Crippen LogP contribution is -2.14. The van der Waals surface area contributed by atoms with Gasteiger partial charge in [0.2, 0.25) is 0 Å². The highest BCUT2D eigenvalue weighted by Crippen LogP contribution is 2.20. The van der Waals surface area contributed by atoms with E-state index in [1.165, 1.54) is 18.2 Å². The normalized spacial score (nSPS) is 10.0. The monoisotopic (exact) mass is 285 g/mol. The van der Waals surface area contributed by atoms with E-state index in [0.717, 1.165) is 5.57 Å². The lowest BCUT2D eigenvalue weighted by Gasteiger charge is -2.11. The molecule has 3 nitrogen and oxygen atoms in total. The summed E-state index contributed by atoms with van der Waals surface area (Å²) in [5.41, 5.74) is 1.65. The first-order chi connectivity index (χ1) is 10.1. The number of para-hydroxylation sites is 1. The SMILES string of the molecule is C=C(C)COc1ccccc1C(=O)Nc1cccc(F)c1. The molecule has 0 radical (unpaired) electrons. The minimum Gasteiger partial charge on any atom is -0.488 e. The highest BCUT2D eigenvalue weighted by Gasteiger charge is 2.12. The van der Waals surface area contributed by atoms with Gasteiger partial charge in [0.05, 0.1) is 5.56 Å². The number of halogens is 1. The average Bonchev–Trinajstić information content (AvgIpc) is 2.45. The van der Waals surface area contributed by atoms with Crippen molar-refractivity contribution in [2.24, 2.45) is 0 Å². The van der Waals surface area contributed by atoms with Gasteiger partial charge in [0.15, 0.2) is 0 Å². The van der Waals surface area contributed by atoms with Crippen molar-refractivity contribution in [1.29, 1.82) is 0 Å². The Kier molecular flexibility index (Phi) is 4.72. The van der Waals surface area contributed by atoms with Gasteiger partial charge >= 0.3 is 0 Å². The van der Waals surface area contributed by atoms with Crippen molar-refractivity contribution in [2.75, 3.05) is 11.9 Å². The number of carbonyl (C=O) groups is 1. The maximum atomic E-state index is 13.1. The van der Waals surface area contributed by atoms with Crippen LogP contribution < -0.4 is 10.1 Å². The Labute approximate surface area is 123 Å². The maximum absolute atomic E-state index is 13.1. The van der Waals surface area contributed by atoms with Crippen molar-refractivity contribution in [3.63, 3.8) is 0 Å². The molecule has 1 N–H and O–H groups in total. The van der Waals surface area contributed by atoms with Crippen LogP contribution in [0.15, 0.2) is 60.7 Å². The molecule has 0 aliphatic rings. The van der Waals surface area contributed by atoms with E-state index in [4.69, 9.17) is 4.74 Å². The van der Waals surface area contributed by atoms with E-state index in [0.29, 0.717) is 23.6 Å². The van der Waals surface area contributed by atoms with E-state index >= 15 is 0 Å². The first-order valence-corrected chi connectivity index (χ1v) is 6.49. The summed E-state index contributed by atoms with van der Waals surface area (Å²) >= 11 is 0. The van der Waals surface area contributed by atoms with E-state index in [2.05, 4.69) is 11.9 Å². The van der Waals surface area contributed by atoms with Gasteiger partial charge < -0.3 is 10.1 Å². The molecular weight excluding hydrogens is 269 g/mol. The van der Waals surface area contributed by atoms with E-state index in [9.17, 15) is 9.18 Å². The predicted octanol–water partition coefficient (Wildman–Crippen LogP) is 4.03. The molecule has 0 heterocycles. The van der Waals surface area contributed by atoms with Gasteiger partial charge in [-0.3, -0.25) is 4.79 Å². The second-order valence-electron chi connectivity index (χ2n) is 4.71. The van der Waals surface area contributed by atoms with Crippen molar-refractivity contribution in [3.05, 3.63) is 72.1 Å². The Balaban J connectivity index is 2.17. The molecule has 0 aliphatic heterocycles. The van der Waals surface area contributed by atoms with Crippen LogP contribution in [0.25, 0.3) is 0 Å². The minimum absolute atomic E-state index is 0.338. The van der Waals surface area contributed by atoms with Crippen LogP contribution in [0, 0.1) is 5.82 Å². The molecule has 0 aromatic heterocycles. The van der Waals surface area contributed by atoms with Gasteiger partial charge in [-0.05, 0) is 42.8 Å². The fourth-order valence-corrected chi connectivity index (χ4v) is 1.75. The fourth-order valence-electron chi connectivity index (χ4n) is 1.75. The summed E-state index contributed by atoms with van der Waals surface area (Å²) in [6.45, 7) is 5.94. The lowest BCUT2D eigenvalue weighted by atomic mass is 10.2. The number of hydrogen-bond donors (Lipinski definition) is 1. The van der Waals surface area contributed by atoms with Crippen LogP contribution in [0.5, 0.6) is 5.75 Å². The van der Waals surface area contributed by atoms with Crippen LogP contribution in [-0.4, -0.2) is 12.5 Å². The maximum Gasteiger partial charge on any atom is 0.259 e. The van der Waals surface area contributed by atoms with Crippen LogP contribution in [0.3, 0.4) is 0 Å². The van der Waals surface area contributed by atoms with Crippen molar-refractivity contribution in [2.45, 2.75) is 6.92 Å². The number of amides is 1. The molecule has 0 bridgehead atoms. The van der Waals surface area contributed by atoms with Gasteiger partial charge in [-0.15, -0.1) is 0 Å². The van der Waals surface area contributed by atoms with Gasteiger partial charge in [-0.1, -0.05) is 24.8 Å². The number of rotatable bonds is 5. The van der Waals surface area contributed by atoms with Crippen molar-refractivity contribution < 1.29 is 13.9 Å². The molecule has 0 spiro atoms. The van der Waals surface area contributed by atoms with E-state index in [1.54, 1.807) is 30.3 Å². The summed E-state index contributed by atoms with van der Waals surface area (Å²) in [5.74, 6) is -0.285. The van der Waals surface area contributed by atoms with Crippen molar-refractivity contribution >= 4 is 11.6 Å². The third kappa shape index (κ3) is 4.18. The van der Waals surface area contributed by atoms with Crippen LogP contribution in [0.2, 0.25) is 0 Å². The molecule has 2 aromatic rings. The summed E-state index contributed by atoms with van der Waals surface area (Å²) < 4.78 is 18.7. The van der Waals surface area contributed by atoms with Gasteiger partial charge in [0.25, 0.3) is 5.91 Å². The molecule has 0 fully saturated rings. The standard InChI is InChI=1S/C17H16FNO2/c1-12(2)11-21-16-9-4-3-8-15(16)17(20)19-14-7-5-6-13(18)10-14/h3-10H,1,11H2,2H3,(H,19,20). The summed E-state index contributed by atoms with van der Waals surface area (Å²) in [4.78, 5) is 12.3. The number of anilines is 1. The van der Waals surface area contributed by atoms with Crippen LogP contribution in [0.1, 0.15) is 17.3 Å². The second kappa shape index (κ2) is 6.70. The fraction of sp³-hybridized carbons (Fsp3) is 0.118. The van der Waals surface area contributed by atoms with Crippen molar-refractivity contribution in [3.8, 4) is 5.75 Å². The highest BCUT2D eigenvalue weighted by atomic mass is 19.1. The quantitative estimate of drug-likeness (QED) is 0.842. The third-order valence-electron chi connectivity index (χ3n) is 2.69. The molecule has 0 atom stereocenters. The highest BCUT2D eigenvalue weighted by molar-refractivity contribution is 6.06. The Morgan fingerprint density at radius 1 is 1.24 bits per heavy atom. The Morgan fingerprint density at radius 2 is 2.00 bits per heavy atom. The van der Waals surface area contributed by atoms with E-state index in [-0.39, 0.29) is 5.91 Å². The summed E-state index contributed by atoms with van der Waals surface area (Å²) in [6, 6.07) is 12.6. The van der Waals surface area contributed by atoms with Crippen LogP contribution >= 0.6 is 0 Å². The van der Waals surface area contributed by atoms with Crippen LogP contribution in [-0.2, 0) is 0 Å². The van der Waals surface area contributed by atoms with Crippen molar-refractivity contribution in [1.82, 2.24) is 0 Å². The summed E-state index contributed by atoms with van der Waals surface area (Å²) in [7, 11) is 0. The molecule has 0 saturated carbocycles. The largest absolute Gasteiger partial charge is 0.488 e. The first-order valence-electron chi connectivity index (χ1n) is 6.49. The zero-order chi connectivity index (χ0) is 15.2.